The fourth-order valence-electron chi connectivity index (χ4n) is 0. The van der Waals surface area contributed by atoms with E-state index in [2.05, 4.69) is 0 Å². The molecular weight excluding hydrogens is 230 g/mol. The lowest BCUT2D eigenvalue weighted by atomic mass is 10.5. The summed E-state index contributed by atoms with van der Waals surface area (Å²) in [6.07, 6.45) is 0. The first-order valence-electron chi connectivity index (χ1n) is 1.56. The van der Waals surface area contributed by atoms with Gasteiger partial charge in [-0.15, -0.1) is 0 Å². The van der Waals surface area contributed by atoms with Gasteiger partial charge in [-0.25, -0.2) is 4.79 Å². The first kappa shape index (κ1) is 7.49. The van der Waals surface area contributed by atoms with Gasteiger partial charge in [-0.05, 0) is 29.5 Å². The van der Waals surface area contributed by atoms with E-state index in [1.807, 2.05) is 0 Å². The highest BCUT2D eigenvalue weighted by atomic mass is 127. The van der Waals surface area contributed by atoms with Crippen molar-refractivity contribution in [2.24, 2.45) is 0 Å². The Morgan fingerprint density at radius 2 is 2.14 bits per heavy atom. The molecule has 0 fully saturated rings. The predicted molar refractivity (Wildman–Crippen MR) is 35.9 cm³/mol. The number of hydrogen-bond donors (Lipinski definition) is 1. The Bertz CT molecular complexity index is 85.4. The molecule has 0 rings (SSSR count). The van der Waals surface area contributed by atoms with Gasteiger partial charge in [-0.2, -0.15) is 0 Å². The van der Waals surface area contributed by atoms with Crippen LogP contribution in [0.25, 0.3) is 0 Å². The second kappa shape index (κ2) is 2.17. The lowest BCUT2D eigenvalue weighted by Crippen LogP contribution is -2.19. The standard InChI is InChI=1S/C3H4ClIO2/c1-3(4,5)2(6)7/h1H3,(H,6,7). The smallest absolute Gasteiger partial charge is 0.334 e. The average Bonchev–Trinajstić information content (AvgIpc) is 1.31. The van der Waals surface area contributed by atoms with Gasteiger partial charge < -0.3 is 5.11 Å². The Labute approximate surface area is 60.0 Å². The van der Waals surface area contributed by atoms with E-state index in [1.54, 1.807) is 22.6 Å². The summed E-state index contributed by atoms with van der Waals surface area (Å²) >= 11 is 6.89. The average molecular weight is 234 g/mol. The van der Waals surface area contributed by atoms with E-state index in [0.29, 0.717) is 0 Å². The van der Waals surface area contributed by atoms with E-state index < -0.39 is 8.85 Å². The van der Waals surface area contributed by atoms with Crippen LogP contribution in [0.4, 0.5) is 0 Å². The summed E-state index contributed by atoms with van der Waals surface area (Å²) in [7, 11) is 0. The molecule has 7 heavy (non-hydrogen) atoms. The maximum atomic E-state index is 9.88. The molecule has 0 radical (unpaired) electrons. The molecule has 4 heteroatoms. The van der Waals surface area contributed by atoms with Gasteiger partial charge in [0.25, 0.3) is 0 Å². The summed E-state index contributed by atoms with van der Waals surface area (Å²) in [5, 5.41) is 8.11. The molecule has 0 aromatic rings. The van der Waals surface area contributed by atoms with Crippen molar-refractivity contribution in [3.63, 3.8) is 0 Å². The second-order valence-corrected chi connectivity index (χ2v) is 4.74. The van der Waals surface area contributed by atoms with Gasteiger partial charge in [-0.3, -0.25) is 0 Å². The molecule has 0 aliphatic rings. The Kier molecular flexibility index (Phi) is 2.32. The number of rotatable bonds is 1. The second-order valence-electron chi connectivity index (χ2n) is 1.19. The molecule has 1 unspecified atom stereocenters. The van der Waals surface area contributed by atoms with Crippen LogP contribution in [0.3, 0.4) is 0 Å². The maximum absolute atomic E-state index is 9.88. The van der Waals surface area contributed by atoms with Gasteiger partial charge in [0.15, 0.2) is 2.88 Å². The molecule has 1 atom stereocenters. The monoisotopic (exact) mass is 234 g/mol. The van der Waals surface area contributed by atoms with E-state index in [1.165, 1.54) is 6.92 Å². The molecule has 0 aliphatic heterocycles. The van der Waals surface area contributed by atoms with E-state index in [4.69, 9.17) is 16.7 Å². The van der Waals surface area contributed by atoms with Crippen LogP contribution < -0.4 is 0 Å². The van der Waals surface area contributed by atoms with Gasteiger partial charge in [0.05, 0.1) is 0 Å². The third-order valence-corrected chi connectivity index (χ3v) is 0.999. The summed E-state index contributed by atoms with van der Waals surface area (Å²) in [5.74, 6) is -1.00. The molecule has 0 saturated carbocycles. The molecular formula is C3H4ClIO2. The molecule has 0 saturated heterocycles. The summed E-state index contributed by atoms with van der Waals surface area (Å²) < 4.78 is -1.14. The Balaban J connectivity index is 3.79. The molecule has 0 aromatic heterocycles. The van der Waals surface area contributed by atoms with Crippen molar-refractivity contribution in [3.05, 3.63) is 0 Å². The zero-order chi connectivity index (χ0) is 6.08. The minimum Gasteiger partial charge on any atom is -0.479 e. The topological polar surface area (TPSA) is 37.3 Å². The summed E-state index contributed by atoms with van der Waals surface area (Å²) in [6, 6.07) is 0. The van der Waals surface area contributed by atoms with Crippen LogP contribution in [-0.4, -0.2) is 14.0 Å². The summed E-state index contributed by atoms with van der Waals surface area (Å²) in [6.45, 7) is 1.41. The van der Waals surface area contributed by atoms with Gasteiger partial charge in [-0.1, -0.05) is 11.6 Å². The normalized spacial score (nSPS) is 18.1. The SMILES string of the molecule is CC(Cl)(I)C(=O)O. The van der Waals surface area contributed by atoms with Crippen molar-refractivity contribution in [1.82, 2.24) is 0 Å². The van der Waals surface area contributed by atoms with Crippen molar-refractivity contribution in [2.75, 3.05) is 0 Å². The molecule has 0 amide bonds. The third kappa shape index (κ3) is 3.11. The number of hydrogen-bond acceptors (Lipinski definition) is 1. The quantitative estimate of drug-likeness (QED) is 0.551. The van der Waals surface area contributed by atoms with Crippen molar-refractivity contribution in [2.45, 2.75) is 9.80 Å². The molecule has 1 N–H and O–H groups in total. The van der Waals surface area contributed by atoms with E-state index in [9.17, 15) is 4.79 Å². The summed E-state index contributed by atoms with van der Waals surface area (Å²) in [4.78, 5) is 9.88. The Morgan fingerprint density at radius 1 is 2.00 bits per heavy atom. The third-order valence-electron chi connectivity index (χ3n) is 0.376. The zero-order valence-electron chi connectivity index (χ0n) is 3.61. The number of aliphatic carboxylic acids is 1. The molecule has 2 nitrogen and oxygen atoms in total. The zero-order valence-corrected chi connectivity index (χ0v) is 6.52. The largest absolute Gasteiger partial charge is 0.479 e. The molecule has 0 heterocycles. The molecule has 0 aromatic carbocycles. The van der Waals surface area contributed by atoms with Crippen molar-refractivity contribution >= 4 is 40.2 Å². The maximum Gasteiger partial charge on any atom is 0.334 e. The fourth-order valence-corrected chi connectivity index (χ4v) is 0. The van der Waals surface area contributed by atoms with E-state index in [0.717, 1.165) is 0 Å². The number of carbonyl (C=O) groups is 1. The van der Waals surface area contributed by atoms with Crippen LogP contribution in [0.2, 0.25) is 0 Å². The number of carboxylic acid groups (broad SMARTS) is 1. The van der Waals surface area contributed by atoms with Crippen LogP contribution in [0.15, 0.2) is 0 Å². The van der Waals surface area contributed by atoms with Crippen LogP contribution in [0, 0.1) is 0 Å². The molecule has 42 valence electrons. The van der Waals surface area contributed by atoms with Gasteiger partial charge in [0.1, 0.15) is 0 Å². The minimum atomic E-state index is -1.14. The first-order valence-corrected chi connectivity index (χ1v) is 3.01. The lowest BCUT2D eigenvalue weighted by Gasteiger charge is -2.03. The number of halogens is 2. The van der Waals surface area contributed by atoms with Crippen LogP contribution in [0.1, 0.15) is 6.92 Å². The Morgan fingerprint density at radius 3 is 2.14 bits per heavy atom. The highest BCUT2D eigenvalue weighted by molar-refractivity contribution is 14.1. The van der Waals surface area contributed by atoms with Crippen molar-refractivity contribution in [3.8, 4) is 0 Å². The highest BCUT2D eigenvalue weighted by Crippen LogP contribution is 2.22. The predicted octanol–water partition coefficient (Wildman–Crippen LogP) is 1.46. The van der Waals surface area contributed by atoms with Crippen LogP contribution >= 0.6 is 34.2 Å². The fraction of sp³-hybridized carbons (Fsp3) is 0.667. The lowest BCUT2D eigenvalue weighted by molar-refractivity contribution is -0.136. The van der Waals surface area contributed by atoms with Crippen molar-refractivity contribution < 1.29 is 9.90 Å². The number of alkyl halides is 2. The van der Waals surface area contributed by atoms with Crippen LogP contribution in [-0.2, 0) is 4.79 Å². The first-order chi connectivity index (χ1) is 2.94. The molecule has 0 spiro atoms. The van der Waals surface area contributed by atoms with Gasteiger partial charge >= 0.3 is 5.97 Å². The number of carboxylic acids is 1. The van der Waals surface area contributed by atoms with Crippen LogP contribution in [0.5, 0.6) is 0 Å². The van der Waals surface area contributed by atoms with E-state index >= 15 is 0 Å². The molecule has 0 bridgehead atoms. The minimum absolute atomic E-state index is 1.00. The summed E-state index contributed by atoms with van der Waals surface area (Å²) in [5.41, 5.74) is 0. The van der Waals surface area contributed by atoms with Gasteiger partial charge in [0, 0.05) is 0 Å². The molecule has 0 aliphatic carbocycles. The van der Waals surface area contributed by atoms with E-state index in [-0.39, 0.29) is 0 Å². The Hall–Kier alpha value is 0.490. The highest BCUT2D eigenvalue weighted by Gasteiger charge is 2.24. The van der Waals surface area contributed by atoms with Crippen molar-refractivity contribution in [1.29, 1.82) is 0 Å². The van der Waals surface area contributed by atoms with Gasteiger partial charge in [0.2, 0.25) is 0 Å².